The van der Waals surface area contributed by atoms with Gasteiger partial charge >= 0.3 is 25.2 Å². The minimum atomic E-state index is -4.72. The van der Waals surface area contributed by atoms with Crippen molar-refractivity contribution < 1.29 is 42.2 Å². The number of nitrogens with one attached hydrogen (secondary N) is 1. The number of aromatic amines is 1. The largest absolute Gasteiger partial charge is 0.460 e. The molecule has 4 aromatic rings. The van der Waals surface area contributed by atoms with Crippen LogP contribution in [0, 0.1) is 5.82 Å². The second-order valence-electron chi connectivity index (χ2n) is 12.3. The molecule has 0 radical (unpaired) electrons. The normalized spacial score (nSPS) is 23.8. The maximum atomic E-state index is 14.0. The Kier molecular flexibility index (Phi) is 8.01. The second-order valence-corrected chi connectivity index (χ2v) is 14.1. The molecule has 17 heteroatoms. The van der Waals surface area contributed by atoms with E-state index >= 15 is 0 Å². The Balaban J connectivity index is 1.19. The third kappa shape index (κ3) is 5.63. The molecule has 3 aliphatic rings. The Morgan fingerprint density at radius 2 is 2.00 bits per heavy atom. The number of nitrogens with zero attached hydrogens (tertiary/aromatic N) is 3. The number of hydrogen-bond acceptors (Lipinski definition) is 11. The summed E-state index contributed by atoms with van der Waals surface area (Å²) >= 11 is 0. The van der Waals surface area contributed by atoms with E-state index in [4.69, 9.17) is 23.7 Å². The first-order chi connectivity index (χ1) is 23.3. The Hall–Kier alpha value is -4.76. The number of hydrogen-bond donors (Lipinski definition) is 2. The predicted octanol–water partition coefficient (Wildman–Crippen LogP) is 2.24. The van der Waals surface area contributed by atoms with E-state index in [1.54, 1.807) is 17.6 Å². The molecule has 0 bridgehead atoms. The average molecular weight is 697 g/mol. The maximum absolute atomic E-state index is 14.0. The molecule has 5 atom stereocenters. The molecule has 0 spiro atoms. The first-order valence-corrected chi connectivity index (χ1v) is 17.2. The van der Waals surface area contributed by atoms with Gasteiger partial charge in [0.15, 0.2) is 0 Å². The van der Waals surface area contributed by atoms with Crippen LogP contribution >= 0.6 is 7.60 Å². The molecule has 6 heterocycles. The molecule has 7 rings (SSSR count). The molecular formula is C32H30FN4O11P. The van der Waals surface area contributed by atoms with E-state index in [0.29, 0.717) is 23.1 Å². The molecule has 49 heavy (non-hydrogen) atoms. The Morgan fingerprint density at radius 3 is 2.76 bits per heavy atom. The van der Waals surface area contributed by atoms with Gasteiger partial charge in [0, 0.05) is 24.3 Å². The number of cyclic esters (lactones) is 1. The number of ether oxygens (including phenoxy) is 3. The van der Waals surface area contributed by atoms with Crippen molar-refractivity contribution in [1.82, 2.24) is 19.1 Å². The van der Waals surface area contributed by atoms with Crippen molar-refractivity contribution >= 4 is 30.4 Å². The number of pyridine rings is 2. The SMILES string of the molecule is CCC1(CP(=O)(O)OCC2OC(n3cc(F)c(=O)[nH]c3=O)CC2OC(C)=O)C(=O)OCc2c1cc1n(c2=O)Cc2cc3ccccc3nc2-1. The predicted molar refractivity (Wildman–Crippen MR) is 168 cm³/mol. The van der Waals surface area contributed by atoms with Gasteiger partial charge in [0.25, 0.3) is 11.1 Å². The number of H-pyrrole nitrogens is 1. The van der Waals surface area contributed by atoms with Crippen molar-refractivity contribution in [3.05, 3.63) is 96.3 Å². The molecular weight excluding hydrogens is 666 g/mol. The van der Waals surface area contributed by atoms with Gasteiger partial charge in [-0.1, -0.05) is 25.1 Å². The number of fused-ring (bicyclic) bond motifs is 5. The summed E-state index contributed by atoms with van der Waals surface area (Å²) in [5, 5.41) is 0.901. The van der Waals surface area contributed by atoms with Gasteiger partial charge in [-0.3, -0.25) is 33.3 Å². The number of benzene rings is 1. The quantitative estimate of drug-likeness (QED) is 0.178. The first-order valence-electron chi connectivity index (χ1n) is 15.4. The van der Waals surface area contributed by atoms with Crippen molar-refractivity contribution in [3.63, 3.8) is 0 Å². The summed E-state index contributed by atoms with van der Waals surface area (Å²) in [4.78, 5) is 80.8. The van der Waals surface area contributed by atoms with Crippen LogP contribution in [0.15, 0.2) is 57.0 Å². The molecule has 0 aliphatic carbocycles. The zero-order valence-corrected chi connectivity index (χ0v) is 27.1. The van der Waals surface area contributed by atoms with Crippen molar-refractivity contribution in [3.8, 4) is 11.4 Å². The molecule has 2 N–H and O–H groups in total. The average Bonchev–Trinajstić information content (AvgIpc) is 3.62. The number of aromatic nitrogens is 4. The highest BCUT2D eigenvalue weighted by Crippen LogP contribution is 2.52. The smallest absolute Gasteiger partial charge is 0.330 e. The van der Waals surface area contributed by atoms with E-state index in [0.717, 1.165) is 22.4 Å². The molecule has 5 unspecified atom stereocenters. The molecule has 0 amide bonds. The van der Waals surface area contributed by atoms with Gasteiger partial charge in [-0.25, -0.2) is 9.78 Å². The van der Waals surface area contributed by atoms with E-state index in [2.05, 4.69) is 0 Å². The van der Waals surface area contributed by atoms with Gasteiger partial charge in [-0.05, 0) is 30.2 Å². The van der Waals surface area contributed by atoms with E-state index < -0.39 is 78.8 Å². The summed E-state index contributed by atoms with van der Waals surface area (Å²) < 4.78 is 52.0. The zero-order chi connectivity index (χ0) is 34.8. The van der Waals surface area contributed by atoms with E-state index in [1.165, 1.54) is 0 Å². The van der Waals surface area contributed by atoms with Crippen LogP contribution in [-0.4, -0.2) is 60.9 Å². The highest BCUT2D eigenvalue weighted by Gasteiger charge is 2.51. The number of para-hydroxylation sites is 1. The number of carbonyl (C=O) groups is 2. The third-order valence-electron chi connectivity index (χ3n) is 9.27. The molecule has 1 saturated heterocycles. The van der Waals surface area contributed by atoms with Crippen molar-refractivity contribution in [2.45, 2.75) is 63.7 Å². The molecule has 1 aromatic carbocycles. The highest BCUT2D eigenvalue weighted by molar-refractivity contribution is 7.53. The van der Waals surface area contributed by atoms with Crippen molar-refractivity contribution in [2.75, 3.05) is 12.8 Å². The lowest BCUT2D eigenvalue weighted by Crippen LogP contribution is -2.47. The third-order valence-corrected chi connectivity index (χ3v) is 10.8. The molecule has 0 saturated carbocycles. The zero-order valence-electron chi connectivity index (χ0n) is 26.2. The van der Waals surface area contributed by atoms with Crippen LogP contribution in [0.4, 0.5) is 4.39 Å². The first kappa shape index (κ1) is 32.8. The van der Waals surface area contributed by atoms with Gasteiger partial charge < -0.3 is 28.2 Å². The standard InChI is InChI=1S/C32H30FN4O11P/c1-3-32(15-49(43,44)46-14-25-24(47-16(2)38)10-26(48-25)37-12-21(33)28(39)35-31(37)42)20-9-23-27-18(8-17-6-4-5-7-22(17)34-27)11-36(23)29(40)19(20)13-45-30(32)41/h4-9,12,24-26H,3,10-11,13-15H2,1-2H3,(H,43,44)(H,35,39,42). The van der Waals surface area contributed by atoms with Crippen LogP contribution in [0.5, 0.6) is 0 Å². The Morgan fingerprint density at radius 1 is 1.22 bits per heavy atom. The van der Waals surface area contributed by atoms with Crippen LogP contribution in [-0.2, 0) is 51.5 Å². The maximum Gasteiger partial charge on any atom is 0.330 e. The van der Waals surface area contributed by atoms with Crippen molar-refractivity contribution in [1.29, 1.82) is 0 Å². The van der Waals surface area contributed by atoms with E-state index in [1.807, 2.05) is 35.3 Å². The van der Waals surface area contributed by atoms with E-state index in [-0.39, 0.29) is 37.1 Å². The van der Waals surface area contributed by atoms with Crippen LogP contribution in [0.2, 0.25) is 0 Å². The van der Waals surface area contributed by atoms with Gasteiger partial charge in [-0.2, -0.15) is 4.39 Å². The van der Waals surface area contributed by atoms with Crippen LogP contribution < -0.4 is 16.8 Å². The summed E-state index contributed by atoms with van der Waals surface area (Å²) in [6, 6.07) is 11.1. The fraction of sp³-hybridized carbons (Fsp3) is 0.375. The lowest BCUT2D eigenvalue weighted by Gasteiger charge is -2.37. The number of halogens is 1. The second kappa shape index (κ2) is 12.0. The molecule has 15 nitrogen and oxygen atoms in total. The summed E-state index contributed by atoms with van der Waals surface area (Å²) in [6.07, 6.45) is -3.83. The summed E-state index contributed by atoms with van der Waals surface area (Å²) in [5.74, 6) is -2.78. The minimum absolute atomic E-state index is 0.0214. The number of carbonyl (C=O) groups excluding carboxylic acids is 2. The molecule has 256 valence electrons. The van der Waals surface area contributed by atoms with Gasteiger partial charge in [-0.15, -0.1) is 0 Å². The Bertz CT molecular complexity index is 2280. The lowest BCUT2D eigenvalue weighted by molar-refractivity contribution is -0.154. The van der Waals surface area contributed by atoms with Gasteiger partial charge in [0.05, 0.1) is 48.0 Å². The summed E-state index contributed by atoms with van der Waals surface area (Å²) in [6.45, 7) is 2.06. The number of rotatable bonds is 8. The van der Waals surface area contributed by atoms with Gasteiger partial charge in [0.1, 0.15) is 30.5 Å². The topological polar surface area (TPSA) is 198 Å². The fourth-order valence-corrected chi connectivity index (χ4v) is 8.55. The Labute approximate surface area is 275 Å². The van der Waals surface area contributed by atoms with Crippen LogP contribution in [0.25, 0.3) is 22.3 Å². The van der Waals surface area contributed by atoms with Gasteiger partial charge in [0.2, 0.25) is 5.82 Å². The highest BCUT2D eigenvalue weighted by atomic mass is 31.2. The van der Waals surface area contributed by atoms with Crippen molar-refractivity contribution in [2.24, 2.45) is 0 Å². The summed E-state index contributed by atoms with van der Waals surface area (Å²) in [7, 11) is -4.72. The molecule has 3 aromatic heterocycles. The van der Waals surface area contributed by atoms with Crippen LogP contribution in [0.3, 0.4) is 0 Å². The van der Waals surface area contributed by atoms with Crippen LogP contribution in [0.1, 0.15) is 49.6 Å². The lowest BCUT2D eigenvalue weighted by atomic mass is 9.76. The number of esters is 2. The summed E-state index contributed by atoms with van der Waals surface area (Å²) in [5.41, 5.74) is -1.38. The molecule has 3 aliphatic heterocycles. The fourth-order valence-electron chi connectivity index (χ4n) is 6.87. The monoisotopic (exact) mass is 696 g/mol. The van der Waals surface area contributed by atoms with E-state index in [9.17, 15) is 37.8 Å². The minimum Gasteiger partial charge on any atom is -0.460 e. The molecule has 1 fully saturated rings.